The predicted molar refractivity (Wildman–Crippen MR) is 151 cm³/mol. The van der Waals surface area contributed by atoms with E-state index in [1.807, 2.05) is 66.7 Å². The Labute approximate surface area is 219 Å². The first kappa shape index (κ1) is 25.8. The third kappa shape index (κ3) is 4.74. The van der Waals surface area contributed by atoms with Gasteiger partial charge in [-0.1, -0.05) is 0 Å². The van der Waals surface area contributed by atoms with E-state index >= 15 is 0 Å². The van der Waals surface area contributed by atoms with E-state index in [-0.39, 0.29) is 17.9 Å². The molecule has 0 bridgehead atoms. The molecule has 0 amide bonds. The van der Waals surface area contributed by atoms with Gasteiger partial charge in [-0.15, -0.1) is 0 Å². The van der Waals surface area contributed by atoms with Gasteiger partial charge in [0.05, 0.1) is 0 Å². The molecule has 0 radical (unpaired) electrons. The molecule has 0 spiro atoms. The Hall–Kier alpha value is -3.27. The number of benzene rings is 4. The van der Waals surface area contributed by atoms with Gasteiger partial charge in [0, 0.05) is 0 Å². The zero-order valence-electron chi connectivity index (χ0n) is 20.3. The maximum atomic E-state index is 13.3. The molecule has 0 unspecified atom stereocenters. The van der Waals surface area contributed by atoms with Crippen LogP contribution in [0.25, 0.3) is 0 Å². The zero-order chi connectivity index (χ0) is 25.6. The standard InChI is InChI=1S/C30H28BrO4P/c1-3-34-30(33)29-24(14-13-21-28(29)35-23(2)32)22-36(31,25-15-7-4-8-16-25,26-17-9-5-10-18-26)27-19-11-6-12-20-27/h4-21H,3,22H2,1-2H3. The molecule has 0 fully saturated rings. The number of ether oxygens (including phenoxy) is 2. The van der Waals surface area contributed by atoms with E-state index < -0.39 is 17.2 Å². The second-order valence-electron chi connectivity index (χ2n) is 8.45. The number of hydrogen-bond donors (Lipinski definition) is 0. The number of rotatable bonds is 8. The molecule has 6 heteroatoms. The van der Waals surface area contributed by atoms with Crippen molar-refractivity contribution in [2.24, 2.45) is 0 Å². The van der Waals surface area contributed by atoms with Crippen LogP contribution in [0.15, 0.2) is 109 Å². The first-order valence-corrected chi connectivity index (χ1v) is 16.2. The van der Waals surface area contributed by atoms with Crippen molar-refractivity contribution in [3.63, 3.8) is 0 Å². The number of hydrogen-bond acceptors (Lipinski definition) is 4. The number of carbonyl (C=O) groups is 2. The van der Waals surface area contributed by atoms with Gasteiger partial charge in [-0.25, -0.2) is 0 Å². The molecule has 4 rings (SSSR count). The zero-order valence-corrected chi connectivity index (χ0v) is 22.7. The molecule has 4 nitrogen and oxygen atoms in total. The molecular formula is C30H28BrO4P. The van der Waals surface area contributed by atoms with E-state index in [1.54, 1.807) is 13.0 Å². The summed E-state index contributed by atoms with van der Waals surface area (Å²) in [4.78, 5) is 25.1. The fourth-order valence-corrected chi connectivity index (χ4v) is 12.3. The molecule has 0 N–H and O–H groups in total. The molecule has 4 aromatic carbocycles. The summed E-state index contributed by atoms with van der Waals surface area (Å²) in [5.74, 6) is -0.815. The van der Waals surface area contributed by atoms with E-state index in [4.69, 9.17) is 9.47 Å². The van der Waals surface area contributed by atoms with Gasteiger partial charge in [0.15, 0.2) is 0 Å². The monoisotopic (exact) mass is 562 g/mol. The number of halogens is 1. The topological polar surface area (TPSA) is 52.6 Å². The van der Waals surface area contributed by atoms with Gasteiger partial charge in [0.25, 0.3) is 0 Å². The SMILES string of the molecule is CCOC(=O)c1c(CP(Br)(c2ccccc2)(c2ccccc2)c2ccccc2)cccc1OC(C)=O. The molecule has 4 aromatic rings. The third-order valence-electron chi connectivity index (χ3n) is 6.20. The van der Waals surface area contributed by atoms with Crippen molar-refractivity contribution in [2.75, 3.05) is 6.61 Å². The molecule has 36 heavy (non-hydrogen) atoms. The molecule has 0 aromatic heterocycles. The van der Waals surface area contributed by atoms with Crippen LogP contribution in [0.1, 0.15) is 29.8 Å². The van der Waals surface area contributed by atoms with Crippen LogP contribution in [0.5, 0.6) is 5.75 Å². The van der Waals surface area contributed by atoms with Gasteiger partial charge >= 0.3 is 220 Å². The average Bonchev–Trinajstić information content (AvgIpc) is 2.90. The first-order chi connectivity index (χ1) is 17.4. The fourth-order valence-electron chi connectivity index (χ4n) is 4.64. The molecule has 0 saturated carbocycles. The summed E-state index contributed by atoms with van der Waals surface area (Å²) in [7, 11) is 0. The van der Waals surface area contributed by atoms with E-state index in [2.05, 4.69) is 51.9 Å². The second-order valence-corrected chi connectivity index (χ2v) is 17.4. The Balaban J connectivity index is 2.08. The third-order valence-corrected chi connectivity index (χ3v) is 15.7. The van der Waals surface area contributed by atoms with Gasteiger partial charge in [-0.05, 0) is 0 Å². The van der Waals surface area contributed by atoms with Crippen LogP contribution in [-0.2, 0) is 15.7 Å². The minimum absolute atomic E-state index is 0.199. The quantitative estimate of drug-likeness (QED) is 0.147. The Morgan fingerprint density at radius 2 is 1.19 bits per heavy atom. The summed E-state index contributed by atoms with van der Waals surface area (Å²) in [5, 5.41) is -0.0310. The van der Waals surface area contributed by atoms with Crippen LogP contribution < -0.4 is 20.7 Å². The summed E-state index contributed by atoms with van der Waals surface area (Å²) in [6, 6.07) is 36.3. The minimum atomic E-state index is -3.39. The van der Waals surface area contributed by atoms with Crippen molar-refractivity contribution in [1.29, 1.82) is 0 Å². The van der Waals surface area contributed by atoms with Crippen LogP contribution in [-0.4, -0.2) is 18.5 Å². The van der Waals surface area contributed by atoms with Crippen molar-refractivity contribution < 1.29 is 19.1 Å². The average molecular weight is 563 g/mol. The normalized spacial score (nSPS) is 12.2. The fraction of sp³-hybridized carbons (Fsp3) is 0.133. The molecule has 0 atom stereocenters. The molecule has 184 valence electrons. The van der Waals surface area contributed by atoms with Crippen molar-refractivity contribution in [1.82, 2.24) is 0 Å². The Bertz CT molecular complexity index is 1260. The number of esters is 2. The van der Waals surface area contributed by atoms with Gasteiger partial charge in [-0.3, -0.25) is 0 Å². The van der Waals surface area contributed by atoms with Crippen molar-refractivity contribution >= 4 is 48.6 Å². The molecule has 0 aliphatic rings. The van der Waals surface area contributed by atoms with Crippen molar-refractivity contribution in [2.45, 2.75) is 20.0 Å². The van der Waals surface area contributed by atoms with Gasteiger partial charge in [0.2, 0.25) is 0 Å². The van der Waals surface area contributed by atoms with Gasteiger partial charge < -0.3 is 0 Å². The van der Waals surface area contributed by atoms with E-state index in [1.165, 1.54) is 6.92 Å². The molecule has 0 aliphatic heterocycles. The first-order valence-electron chi connectivity index (χ1n) is 11.8. The van der Waals surface area contributed by atoms with Crippen LogP contribution in [0.4, 0.5) is 0 Å². The molecule has 0 heterocycles. The van der Waals surface area contributed by atoms with E-state index in [9.17, 15) is 9.59 Å². The summed E-state index contributed by atoms with van der Waals surface area (Å²) in [5.41, 5.74) is 1.00. The van der Waals surface area contributed by atoms with Gasteiger partial charge in [-0.2, -0.15) is 0 Å². The van der Waals surface area contributed by atoms with E-state index in [0.717, 1.165) is 21.5 Å². The second kappa shape index (κ2) is 10.8. The molecule has 0 saturated heterocycles. The molecular weight excluding hydrogens is 535 g/mol. The Morgan fingerprint density at radius 3 is 1.61 bits per heavy atom. The van der Waals surface area contributed by atoms with Crippen LogP contribution in [0.2, 0.25) is 0 Å². The van der Waals surface area contributed by atoms with Gasteiger partial charge in [0.1, 0.15) is 0 Å². The van der Waals surface area contributed by atoms with E-state index in [0.29, 0.717) is 6.16 Å². The van der Waals surface area contributed by atoms with Crippen molar-refractivity contribution in [3.8, 4) is 5.75 Å². The van der Waals surface area contributed by atoms with Crippen LogP contribution in [0.3, 0.4) is 0 Å². The van der Waals surface area contributed by atoms with Crippen LogP contribution >= 0.6 is 20.8 Å². The maximum absolute atomic E-state index is 13.3. The van der Waals surface area contributed by atoms with Crippen LogP contribution in [0, 0.1) is 0 Å². The summed E-state index contributed by atoms with van der Waals surface area (Å²) >= 11 is 4.42. The number of carbonyl (C=O) groups excluding carboxylic acids is 2. The predicted octanol–water partition coefficient (Wildman–Crippen LogP) is 6.13. The summed E-state index contributed by atoms with van der Waals surface area (Å²) in [6.07, 6.45) is 0.465. The molecule has 0 aliphatic carbocycles. The Kier molecular flexibility index (Phi) is 7.73. The summed E-state index contributed by atoms with van der Waals surface area (Å²) in [6.45, 7) is 3.29. The Morgan fingerprint density at radius 1 is 0.722 bits per heavy atom. The van der Waals surface area contributed by atoms with Crippen molar-refractivity contribution in [3.05, 3.63) is 120 Å². The summed E-state index contributed by atoms with van der Waals surface area (Å²) < 4.78 is 10.9.